The van der Waals surface area contributed by atoms with Gasteiger partial charge in [0.05, 0.1) is 6.61 Å². The van der Waals surface area contributed by atoms with Crippen LogP contribution in [0.2, 0.25) is 0 Å². The first-order valence-electron chi connectivity index (χ1n) is 8.99. The van der Waals surface area contributed by atoms with E-state index in [-0.39, 0.29) is 0 Å². The Morgan fingerprint density at radius 3 is 2.73 bits per heavy atom. The van der Waals surface area contributed by atoms with E-state index in [2.05, 4.69) is 28.5 Å². The molecule has 0 bridgehead atoms. The minimum absolute atomic E-state index is 0.542. The smallest absolute Gasteiger partial charge is 0.218 e. The van der Waals surface area contributed by atoms with Crippen LogP contribution in [0.25, 0.3) is 11.1 Å². The number of benzene rings is 2. The van der Waals surface area contributed by atoms with Crippen LogP contribution >= 0.6 is 0 Å². The molecule has 0 fully saturated rings. The number of pyridine rings is 1. The van der Waals surface area contributed by atoms with Gasteiger partial charge < -0.3 is 14.8 Å². The Labute approximate surface area is 153 Å². The fraction of sp³-hybridized carbons (Fsp3) is 0.227. The van der Waals surface area contributed by atoms with Gasteiger partial charge in [0.25, 0.3) is 0 Å². The summed E-state index contributed by atoms with van der Waals surface area (Å²) in [5.74, 6) is 1.58. The van der Waals surface area contributed by atoms with Gasteiger partial charge in [-0.2, -0.15) is 0 Å². The summed E-state index contributed by atoms with van der Waals surface area (Å²) >= 11 is 0. The Hall–Kier alpha value is -2.85. The molecule has 4 nitrogen and oxygen atoms in total. The predicted molar refractivity (Wildman–Crippen MR) is 102 cm³/mol. The number of aromatic nitrogens is 1. The van der Waals surface area contributed by atoms with Gasteiger partial charge in [-0.05, 0) is 36.2 Å². The number of rotatable bonds is 4. The molecule has 0 amide bonds. The summed E-state index contributed by atoms with van der Waals surface area (Å²) in [6.07, 6.45) is 2.80. The van der Waals surface area contributed by atoms with Gasteiger partial charge in [-0.25, -0.2) is 4.98 Å². The molecule has 132 valence electrons. The first-order valence-corrected chi connectivity index (χ1v) is 8.99. The van der Waals surface area contributed by atoms with Crippen molar-refractivity contribution in [3.8, 4) is 22.8 Å². The van der Waals surface area contributed by atoms with Crippen LogP contribution in [0.15, 0.2) is 66.9 Å². The van der Waals surface area contributed by atoms with Crippen LogP contribution in [0.3, 0.4) is 0 Å². The maximum atomic E-state index is 6.14. The van der Waals surface area contributed by atoms with Crippen LogP contribution in [0.4, 0.5) is 0 Å². The fourth-order valence-corrected chi connectivity index (χ4v) is 3.15. The molecule has 4 rings (SSSR count). The molecule has 0 aliphatic carbocycles. The van der Waals surface area contributed by atoms with Gasteiger partial charge in [0.2, 0.25) is 5.88 Å². The standard InChI is InChI=1S/C22H22N2O2/c1-2-7-17(8-3-1)16-26-21-10-5-4-9-19(21)18-11-13-24-22-20(18)15-23-12-6-14-25-22/h1-5,7-11,13,23H,6,12,14-16H2. The third kappa shape index (κ3) is 3.70. The zero-order valence-electron chi connectivity index (χ0n) is 14.7. The molecule has 1 aliphatic rings. The van der Waals surface area contributed by atoms with E-state index in [4.69, 9.17) is 9.47 Å². The van der Waals surface area contributed by atoms with Gasteiger partial charge in [0.1, 0.15) is 12.4 Å². The molecule has 0 radical (unpaired) electrons. The van der Waals surface area contributed by atoms with Crippen LogP contribution in [-0.2, 0) is 13.2 Å². The van der Waals surface area contributed by atoms with Gasteiger partial charge >= 0.3 is 0 Å². The van der Waals surface area contributed by atoms with E-state index in [1.165, 1.54) is 0 Å². The summed E-state index contributed by atoms with van der Waals surface area (Å²) in [6.45, 7) is 2.91. The van der Waals surface area contributed by atoms with E-state index in [0.29, 0.717) is 19.1 Å². The maximum absolute atomic E-state index is 6.14. The highest BCUT2D eigenvalue weighted by molar-refractivity contribution is 5.74. The SMILES string of the molecule is c1ccc(COc2ccccc2-c2ccnc3c2CNCCCO3)cc1. The molecule has 0 spiro atoms. The van der Waals surface area contributed by atoms with E-state index in [0.717, 1.165) is 47.5 Å². The number of hydrogen-bond acceptors (Lipinski definition) is 4. The lowest BCUT2D eigenvalue weighted by Gasteiger charge is -2.19. The summed E-state index contributed by atoms with van der Waals surface area (Å²) in [7, 11) is 0. The summed E-state index contributed by atoms with van der Waals surface area (Å²) in [4.78, 5) is 4.43. The lowest BCUT2D eigenvalue weighted by molar-refractivity contribution is 0.284. The molecule has 1 aromatic heterocycles. The van der Waals surface area contributed by atoms with E-state index in [1.807, 2.05) is 48.7 Å². The Morgan fingerprint density at radius 2 is 1.81 bits per heavy atom. The second kappa shape index (κ2) is 8.02. The third-order valence-corrected chi connectivity index (χ3v) is 4.47. The normalized spacial score (nSPS) is 13.8. The molecular formula is C22H22N2O2. The molecule has 1 aliphatic heterocycles. The van der Waals surface area contributed by atoms with Gasteiger partial charge in [-0.1, -0.05) is 48.5 Å². The van der Waals surface area contributed by atoms with Crippen molar-refractivity contribution in [2.75, 3.05) is 13.2 Å². The van der Waals surface area contributed by atoms with Crippen molar-refractivity contribution < 1.29 is 9.47 Å². The van der Waals surface area contributed by atoms with Crippen molar-refractivity contribution in [2.45, 2.75) is 19.6 Å². The summed E-state index contributed by atoms with van der Waals surface area (Å²) in [5.41, 5.74) is 4.40. The van der Waals surface area contributed by atoms with Gasteiger partial charge in [-0.3, -0.25) is 0 Å². The van der Waals surface area contributed by atoms with Crippen LogP contribution in [-0.4, -0.2) is 18.1 Å². The molecule has 26 heavy (non-hydrogen) atoms. The summed E-state index contributed by atoms with van der Waals surface area (Å²) in [6, 6.07) is 20.4. The van der Waals surface area contributed by atoms with Crippen LogP contribution in [0.1, 0.15) is 17.5 Å². The van der Waals surface area contributed by atoms with Gasteiger partial charge in [-0.15, -0.1) is 0 Å². The van der Waals surface area contributed by atoms with Crippen LogP contribution < -0.4 is 14.8 Å². The van der Waals surface area contributed by atoms with Crippen molar-refractivity contribution in [3.05, 3.63) is 78.0 Å². The molecule has 0 atom stereocenters. The van der Waals surface area contributed by atoms with Gasteiger partial charge in [0.15, 0.2) is 0 Å². The van der Waals surface area contributed by atoms with Crippen molar-refractivity contribution in [2.24, 2.45) is 0 Å². The van der Waals surface area contributed by atoms with E-state index in [9.17, 15) is 0 Å². The van der Waals surface area contributed by atoms with Gasteiger partial charge in [0, 0.05) is 23.9 Å². The van der Waals surface area contributed by atoms with Crippen LogP contribution in [0, 0.1) is 0 Å². The van der Waals surface area contributed by atoms with E-state index < -0.39 is 0 Å². The van der Waals surface area contributed by atoms with E-state index in [1.54, 1.807) is 0 Å². The number of nitrogens with one attached hydrogen (secondary N) is 1. The minimum Gasteiger partial charge on any atom is -0.488 e. The Kier molecular flexibility index (Phi) is 5.12. The molecule has 0 unspecified atom stereocenters. The highest BCUT2D eigenvalue weighted by atomic mass is 16.5. The summed E-state index contributed by atoms with van der Waals surface area (Å²) < 4.78 is 12.0. The molecule has 3 aromatic rings. The first-order chi connectivity index (χ1) is 12.9. The van der Waals surface area contributed by atoms with Crippen molar-refractivity contribution >= 4 is 0 Å². The number of ether oxygens (including phenoxy) is 2. The number of hydrogen-bond donors (Lipinski definition) is 1. The third-order valence-electron chi connectivity index (χ3n) is 4.47. The average molecular weight is 346 g/mol. The van der Waals surface area contributed by atoms with Crippen molar-refractivity contribution in [1.82, 2.24) is 10.3 Å². The zero-order chi connectivity index (χ0) is 17.6. The lowest BCUT2D eigenvalue weighted by Crippen LogP contribution is -2.21. The zero-order valence-corrected chi connectivity index (χ0v) is 14.7. The number of fused-ring (bicyclic) bond motifs is 1. The number of para-hydroxylation sites is 1. The monoisotopic (exact) mass is 346 g/mol. The molecule has 0 saturated heterocycles. The number of nitrogens with zero attached hydrogens (tertiary/aromatic N) is 1. The predicted octanol–water partition coefficient (Wildman–Crippen LogP) is 4.20. The fourth-order valence-electron chi connectivity index (χ4n) is 3.15. The molecule has 2 aromatic carbocycles. The maximum Gasteiger partial charge on any atom is 0.218 e. The Morgan fingerprint density at radius 1 is 0.962 bits per heavy atom. The second-order valence-corrected chi connectivity index (χ2v) is 6.29. The molecule has 4 heteroatoms. The van der Waals surface area contributed by atoms with Crippen LogP contribution in [0.5, 0.6) is 11.6 Å². The minimum atomic E-state index is 0.542. The van der Waals surface area contributed by atoms with Crippen molar-refractivity contribution in [1.29, 1.82) is 0 Å². The quantitative estimate of drug-likeness (QED) is 0.769. The van der Waals surface area contributed by atoms with Crippen molar-refractivity contribution in [3.63, 3.8) is 0 Å². The molecule has 1 N–H and O–H groups in total. The highest BCUT2D eigenvalue weighted by Gasteiger charge is 2.17. The molecule has 0 saturated carbocycles. The summed E-state index contributed by atoms with van der Waals surface area (Å²) in [5, 5.41) is 3.47. The topological polar surface area (TPSA) is 43.4 Å². The Bertz CT molecular complexity index is 865. The Balaban J connectivity index is 1.67. The second-order valence-electron chi connectivity index (χ2n) is 6.29. The first kappa shape index (κ1) is 16.6. The molecule has 2 heterocycles. The molecular weight excluding hydrogens is 324 g/mol. The average Bonchev–Trinajstić information content (AvgIpc) is 2.68. The van der Waals surface area contributed by atoms with E-state index >= 15 is 0 Å². The largest absolute Gasteiger partial charge is 0.488 e. The highest BCUT2D eigenvalue weighted by Crippen LogP contribution is 2.36. The lowest BCUT2D eigenvalue weighted by atomic mass is 10.00.